The van der Waals surface area contributed by atoms with Crippen LogP contribution in [0.25, 0.3) is 0 Å². The zero-order chi connectivity index (χ0) is 15.1. The van der Waals surface area contributed by atoms with Crippen LogP contribution in [0.3, 0.4) is 0 Å². The molecule has 1 N–H and O–H groups in total. The Bertz CT molecular complexity index is 616. The van der Waals surface area contributed by atoms with Crippen molar-refractivity contribution < 1.29 is 14.3 Å². The Morgan fingerprint density at radius 3 is 2.71 bits per heavy atom. The molecule has 1 amide bonds. The molecule has 0 saturated carbocycles. The van der Waals surface area contributed by atoms with Crippen LogP contribution in [0, 0.1) is 0 Å². The topological polar surface area (TPSA) is 68.3 Å². The van der Waals surface area contributed by atoms with Gasteiger partial charge >= 0.3 is 5.97 Å². The van der Waals surface area contributed by atoms with Gasteiger partial charge in [0.25, 0.3) is 5.91 Å². The fraction of sp³-hybridized carbons (Fsp3) is 0.214. The van der Waals surface area contributed by atoms with Crippen molar-refractivity contribution in [3.63, 3.8) is 0 Å². The number of anilines is 1. The number of carbonyl (C=O) groups excluding carboxylic acids is 2. The first kappa shape index (κ1) is 15.7. The molecule has 1 heterocycles. The van der Waals surface area contributed by atoms with Crippen LogP contribution < -0.4 is 5.32 Å². The van der Waals surface area contributed by atoms with Crippen molar-refractivity contribution in [3.8, 4) is 0 Å². The monoisotopic (exact) mass is 368 g/mol. The minimum atomic E-state index is -0.398. The van der Waals surface area contributed by atoms with E-state index in [0.29, 0.717) is 11.6 Å². The molecular formula is C14H13BrN2O3S. The minimum Gasteiger partial charge on any atom is -0.456 e. The molecule has 1 aromatic carbocycles. The number of carbonyl (C=O) groups is 2. The predicted octanol–water partition coefficient (Wildman–Crippen LogP) is 3.02. The zero-order valence-electron chi connectivity index (χ0n) is 11.0. The summed E-state index contributed by atoms with van der Waals surface area (Å²) in [5.41, 5.74) is 1.06. The van der Waals surface area contributed by atoms with E-state index in [1.807, 2.05) is 30.3 Å². The average Bonchev–Trinajstić information content (AvgIpc) is 2.89. The highest BCUT2D eigenvalue weighted by molar-refractivity contribution is 9.11. The lowest BCUT2D eigenvalue weighted by Crippen LogP contribution is -2.20. The minimum absolute atomic E-state index is 0.250. The van der Waals surface area contributed by atoms with Gasteiger partial charge in [0.05, 0.1) is 9.98 Å². The maximum atomic E-state index is 11.6. The van der Waals surface area contributed by atoms with Gasteiger partial charge in [0.2, 0.25) is 0 Å². The van der Waals surface area contributed by atoms with Gasteiger partial charge in [-0.05, 0) is 27.9 Å². The number of aromatic nitrogens is 1. The first-order valence-corrected chi connectivity index (χ1v) is 7.85. The largest absolute Gasteiger partial charge is 0.456 e. The molecule has 21 heavy (non-hydrogen) atoms. The van der Waals surface area contributed by atoms with Gasteiger partial charge in [-0.15, -0.1) is 0 Å². The fourth-order valence-electron chi connectivity index (χ4n) is 1.58. The first-order valence-electron chi connectivity index (χ1n) is 6.24. The Labute approximate surface area is 134 Å². The SMILES string of the molecule is O=C(COC(=O)CCc1ccccc1)Nc1ncc(Br)s1. The van der Waals surface area contributed by atoms with Crippen LogP contribution in [-0.2, 0) is 20.7 Å². The number of benzene rings is 1. The molecule has 2 aromatic rings. The normalized spacial score (nSPS) is 10.1. The second-order valence-corrected chi connectivity index (χ2v) is 6.57. The number of hydrogen-bond donors (Lipinski definition) is 1. The molecule has 0 aliphatic carbocycles. The van der Waals surface area contributed by atoms with E-state index in [2.05, 4.69) is 26.2 Å². The quantitative estimate of drug-likeness (QED) is 0.795. The lowest BCUT2D eigenvalue weighted by atomic mass is 10.1. The number of nitrogens with one attached hydrogen (secondary N) is 1. The van der Waals surface area contributed by atoms with Crippen LogP contribution in [0.2, 0.25) is 0 Å². The van der Waals surface area contributed by atoms with Gasteiger partial charge in [0, 0.05) is 6.42 Å². The molecule has 0 atom stereocenters. The number of esters is 1. The van der Waals surface area contributed by atoms with Gasteiger partial charge in [-0.3, -0.25) is 14.9 Å². The van der Waals surface area contributed by atoms with Crippen molar-refractivity contribution in [1.29, 1.82) is 0 Å². The first-order chi connectivity index (χ1) is 10.1. The Morgan fingerprint density at radius 2 is 2.05 bits per heavy atom. The van der Waals surface area contributed by atoms with Crippen molar-refractivity contribution in [2.24, 2.45) is 0 Å². The summed E-state index contributed by atoms with van der Waals surface area (Å²) in [6.45, 7) is -0.301. The molecule has 0 bridgehead atoms. The van der Waals surface area contributed by atoms with Crippen LogP contribution in [0.15, 0.2) is 40.3 Å². The molecule has 2 rings (SSSR count). The third kappa shape index (κ3) is 5.65. The number of ether oxygens (including phenoxy) is 1. The molecule has 1 aromatic heterocycles. The molecule has 0 unspecified atom stereocenters. The van der Waals surface area contributed by atoms with Crippen molar-refractivity contribution >= 4 is 44.3 Å². The van der Waals surface area contributed by atoms with Crippen LogP contribution in [0.1, 0.15) is 12.0 Å². The lowest BCUT2D eigenvalue weighted by molar-refractivity contribution is -0.147. The number of thiazole rings is 1. The summed E-state index contributed by atoms with van der Waals surface area (Å²) in [5, 5.41) is 3.02. The van der Waals surface area contributed by atoms with Gasteiger partial charge in [-0.2, -0.15) is 0 Å². The molecule has 0 radical (unpaired) electrons. The van der Waals surface area contributed by atoms with Gasteiger partial charge in [0.15, 0.2) is 11.7 Å². The second-order valence-electron chi connectivity index (χ2n) is 4.16. The summed E-state index contributed by atoms with van der Waals surface area (Å²) in [6, 6.07) is 9.64. The molecule has 5 nitrogen and oxygen atoms in total. The van der Waals surface area contributed by atoms with E-state index < -0.39 is 11.9 Å². The molecule has 110 valence electrons. The number of amides is 1. The summed E-state index contributed by atoms with van der Waals surface area (Å²) in [7, 11) is 0. The van der Waals surface area contributed by atoms with E-state index in [-0.39, 0.29) is 13.0 Å². The Morgan fingerprint density at radius 1 is 1.29 bits per heavy atom. The van der Waals surface area contributed by atoms with Gasteiger partial charge in [-0.1, -0.05) is 41.7 Å². The number of rotatable bonds is 6. The zero-order valence-corrected chi connectivity index (χ0v) is 13.4. The Kier molecular flexibility index (Phi) is 5.89. The van der Waals surface area contributed by atoms with Crippen molar-refractivity contribution in [2.45, 2.75) is 12.8 Å². The van der Waals surface area contributed by atoms with Crippen molar-refractivity contribution in [2.75, 3.05) is 11.9 Å². The highest BCUT2D eigenvalue weighted by atomic mass is 79.9. The summed E-state index contributed by atoms with van der Waals surface area (Å²) >= 11 is 4.54. The van der Waals surface area contributed by atoms with E-state index in [1.54, 1.807) is 6.20 Å². The molecule has 7 heteroatoms. The number of aryl methyl sites for hydroxylation is 1. The standard InChI is InChI=1S/C14H13BrN2O3S/c15-11-8-16-14(21-11)17-12(18)9-20-13(19)7-6-10-4-2-1-3-5-10/h1-5,8H,6-7,9H2,(H,16,17,18). The molecular weight excluding hydrogens is 356 g/mol. The van der Waals surface area contributed by atoms with Crippen molar-refractivity contribution in [1.82, 2.24) is 4.98 Å². The smallest absolute Gasteiger partial charge is 0.306 e. The molecule has 0 aliphatic rings. The molecule has 0 aliphatic heterocycles. The predicted molar refractivity (Wildman–Crippen MR) is 84.2 cm³/mol. The summed E-state index contributed by atoms with van der Waals surface area (Å²) in [6.07, 6.45) is 2.44. The van der Waals surface area contributed by atoms with E-state index in [1.165, 1.54) is 11.3 Å². The second kappa shape index (κ2) is 7.90. The van der Waals surface area contributed by atoms with E-state index in [4.69, 9.17) is 4.74 Å². The molecule has 0 saturated heterocycles. The summed E-state index contributed by atoms with van der Waals surface area (Å²) < 4.78 is 5.74. The number of hydrogen-bond acceptors (Lipinski definition) is 5. The highest BCUT2D eigenvalue weighted by Crippen LogP contribution is 2.22. The summed E-state index contributed by atoms with van der Waals surface area (Å²) in [5.74, 6) is -0.792. The van der Waals surface area contributed by atoms with E-state index in [9.17, 15) is 9.59 Å². The van der Waals surface area contributed by atoms with E-state index >= 15 is 0 Å². The maximum Gasteiger partial charge on any atom is 0.306 e. The lowest BCUT2D eigenvalue weighted by Gasteiger charge is -2.04. The number of nitrogens with zero attached hydrogens (tertiary/aromatic N) is 1. The average molecular weight is 369 g/mol. The van der Waals surface area contributed by atoms with Crippen LogP contribution >= 0.6 is 27.3 Å². The Balaban J connectivity index is 1.67. The van der Waals surface area contributed by atoms with Crippen molar-refractivity contribution in [3.05, 3.63) is 45.9 Å². The van der Waals surface area contributed by atoms with Gasteiger partial charge in [0.1, 0.15) is 0 Å². The third-order valence-corrected chi connectivity index (χ3v) is 3.94. The fourth-order valence-corrected chi connectivity index (χ4v) is 2.70. The van der Waals surface area contributed by atoms with E-state index in [0.717, 1.165) is 9.35 Å². The van der Waals surface area contributed by atoms with Gasteiger partial charge in [-0.25, -0.2) is 4.98 Å². The molecule has 0 spiro atoms. The third-order valence-electron chi connectivity index (χ3n) is 2.55. The van der Waals surface area contributed by atoms with Crippen LogP contribution in [0.4, 0.5) is 5.13 Å². The van der Waals surface area contributed by atoms with Crippen LogP contribution in [0.5, 0.6) is 0 Å². The number of halogens is 1. The van der Waals surface area contributed by atoms with Gasteiger partial charge < -0.3 is 4.74 Å². The maximum absolute atomic E-state index is 11.6. The highest BCUT2D eigenvalue weighted by Gasteiger charge is 2.09. The Hall–Kier alpha value is -1.73. The van der Waals surface area contributed by atoms with Crippen LogP contribution in [-0.4, -0.2) is 23.5 Å². The summed E-state index contributed by atoms with van der Waals surface area (Å²) in [4.78, 5) is 27.1. The molecule has 0 fully saturated rings.